The maximum atomic E-state index is 12.4. The van der Waals surface area contributed by atoms with Crippen LogP contribution in [0.1, 0.15) is 76.7 Å². The Morgan fingerprint density at radius 2 is 1.85 bits per heavy atom. The Balaban J connectivity index is 1.89. The summed E-state index contributed by atoms with van der Waals surface area (Å²) in [5.41, 5.74) is 1.13. The van der Waals surface area contributed by atoms with Crippen LogP contribution < -0.4 is 5.32 Å². The summed E-state index contributed by atoms with van der Waals surface area (Å²) in [6.07, 6.45) is 8.13. The molecule has 1 fully saturated rings. The van der Waals surface area contributed by atoms with E-state index >= 15 is 0 Å². The van der Waals surface area contributed by atoms with Crippen LogP contribution in [0.5, 0.6) is 0 Å². The number of carbonyl (C=O) groups excluding carboxylic acids is 2. The van der Waals surface area contributed by atoms with Crippen LogP contribution in [-0.2, 0) is 25.6 Å². The summed E-state index contributed by atoms with van der Waals surface area (Å²) in [5, 5.41) is 33.5. The fraction of sp³-hybridized carbons (Fsp3) is 0.655. The number of aryl methyl sites for hydroxylation is 1. The highest BCUT2D eigenvalue weighted by atomic mass is 16.9. The van der Waals surface area contributed by atoms with Crippen molar-refractivity contribution in [3.05, 3.63) is 58.2 Å². The van der Waals surface area contributed by atoms with E-state index in [1.165, 1.54) is 0 Å². The number of ether oxygens (including phenoxy) is 1. The first-order chi connectivity index (χ1) is 18.8. The molecule has 0 aromatic heterocycles. The van der Waals surface area contributed by atoms with Crippen molar-refractivity contribution in [2.45, 2.75) is 95.9 Å². The topological polar surface area (TPSA) is 148 Å². The highest BCUT2D eigenvalue weighted by Gasteiger charge is 2.40. The van der Waals surface area contributed by atoms with Crippen LogP contribution in [0, 0.1) is 22.0 Å². The van der Waals surface area contributed by atoms with Gasteiger partial charge in [-0.2, -0.15) is 0 Å². The predicted molar refractivity (Wildman–Crippen MR) is 146 cm³/mol. The second-order valence-electron chi connectivity index (χ2n) is 10.1. The summed E-state index contributed by atoms with van der Waals surface area (Å²) < 4.78 is 5.74. The van der Waals surface area contributed by atoms with Gasteiger partial charge in [-0.15, -0.1) is 10.1 Å². The molecule has 218 valence electrons. The molecule has 0 heterocycles. The molecule has 1 aromatic carbocycles. The Bertz CT molecular complexity index is 895. The highest BCUT2D eigenvalue weighted by molar-refractivity contribution is 5.75. The number of nitrogens with one attached hydrogen (secondary N) is 1. The second-order valence-corrected chi connectivity index (χ2v) is 10.1. The van der Waals surface area contributed by atoms with E-state index in [1.807, 2.05) is 49.4 Å². The van der Waals surface area contributed by atoms with E-state index in [0.29, 0.717) is 45.1 Å². The van der Waals surface area contributed by atoms with Crippen molar-refractivity contribution in [2.24, 2.45) is 11.8 Å². The fourth-order valence-corrected chi connectivity index (χ4v) is 5.16. The molecule has 1 saturated carbocycles. The van der Waals surface area contributed by atoms with E-state index in [-0.39, 0.29) is 43.3 Å². The number of carbonyl (C=O) groups is 2. The fourth-order valence-electron chi connectivity index (χ4n) is 5.16. The number of aliphatic hydroxyl groups is 2. The van der Waals surface area contributed by atoms with Crippen LogP contribution in [0.25, 0.3) is 0 Å². The molecular formula is C29H44N2O8. The molecule has 0 spiro atoms. The number of aliphatic hydroxyl groups excluding tert-OH is 2. The monoisotopic (exact) mass is 548 g/mol. The normalized spacial score (nSPS) is 21.5. The van der Waals surface area contributed by atoms with Gasteiger partial charge in [-0.1, -0.05) is 42.5 Å². The van der Waals surface area contributed by atoms with Gasteiger partial charge in [0.25, 0.3) is 5.09 Å². The molecule has 0 unspecified atom stereocenters. The highest BCUT2D eigenvalue weighted by Crippen LogP contribution is 2.38. The number of hydrogen-bond acceptors (Lipinski definition) is 8. The number of rotatable bonds is 19. The van der Waals surface area contributed by atoms with E-state index in [2.05, 4.69) is 10.2 Å². The van der Waals surface area contributed by atoms with Gasteiger partial charge >= 0.3 is 5.97 Å². The number of unbranched alkanes of at least 4 members (excludes halogenated alkanes) is 1. The summed E-state index contributed by atoms with van der Waals surface area (Å²) in [4.78, 5) is 38.5. The molecule has 0 bridgehead atoms. The van der Waals surface area contributed by atoms with Gasteiger partial charge in [-0.05, 0) is 82.1 Å². The predicted octanol–water partition coefficient (Wildman–Crippen LogP) is 3.91. The van der Waals surface area contributed by atoms with Gasteiger partial charge < -0.3 is 25.1 Å². The number of benzene rings is 1. The lowest BCUT2D eigenvalue weighted by Gasteiger charge is -2.25. The molecule has 5 atom stereocenters. The molecule has 0 saturated heterocycles. The second kappa shape index (κ2) is 18.3. The van der Waals surface area contributed by atoms with Crippen LogP contribution in [0.3, 0.4) is 0 Å². The zero-order chi connectivity index (χ0) is 28.5. The lowest BCUT2D eigenvalue weighted by atomic mass is 9.85. The van der Waals surface area contributed by atoms with Gasteiger partial charge in [-0.25, -0.2) is 0 Å². The van der Waals surface area contributed by atoms with Crippen molar-refractivity contribution in [1.82, 2.24) is 5.32 Å². The van der Waals surface area contributed by atoms with Gasteiger partial charge in [0.15, 0.2) is 0 Å². The smallest absolute Gasteiger partial charge is 0.306 e. The standard InChI is InChI=1S/C29H44N2O8/c1-2-30-28(34)14-9-4-3-8-13-24-25(27(33)21-26(24)32)19-18-23(17-16-22-11-6-5-7-12-22)39-29(35)15-10-20-38-31(36)37/h3,5-8,11-12,23-27,32-33H,2,4,9-10,13-21H2,1H3,(H,30,34)/t23-,24+,25+,26-,27+/m0/s1. The Hall–Kier alpha value is -2.98. The van der Waals surface area contributed by atoms with Crippen molar-refractivity contribution < 1.29 is 34.5 Å². The van der Waals surface area contributed by atoms with Crippen molar-refractivity contribution >= 4 is 11.9 Å². The van der Waals surface area contributed by atoms with Gasteiger partial charge in [0, 0.05) is 19.4 Å². The number of allylic oxidation sites excluding steroid dienone is 2. The SMILES string of the molecule is CCNC(=O)CCCC=CC[C@@H]1[C@@H](CC[C@H](CCc2ccccc2)OC(=O)CCCO[N+](=O)[O-])[C@H](O)C[C@@H]1O. The number of nitrogens with zero attached hydrogens (tertiary/aromatic N) is 1. The molecule has 39 heavy (non-hydrogen) atoms. The van der Waals surface area contributed by atoms with Gasteiger partial charge in [0.05, 0.1) is 18.8 Å². The first kappa shape index (κ1) is 32.2. The van der Waals surface area contributed by atoms with Crippen LogP contribution in [-0.4, -0.2) is 58.6 Å². The Labute approximate surface area is 230 Å². The van der Waals surface area contributed by atoms with Gasteiger partial charge in [0.1, 0.15) is 6.10 Å². The molecule has 1 aliphatic rings. The molecule has 0 aliphatic heterocycles. The maximum Gasteiger partial charge on any atom is 0.306 e. The molecule has 10 heteroatoms. The van der Waals surface area contributed by atoms with Crippen molar-refractivity contribution in [1.29, 1.82) is 0 Å². The van der Waals surface area contributed by atoms with Crippen LogP contribution >= 0.6 is 0 Å². The third-order valence-corrected chi connectivity index (χ3v) is 7.18. The molecule has 0 radical (unpaired) electrons. The number of esters is 1. The summed E-state index contributed by atoms with van der Waals surface area (Å²) in [5.74, 6) is -0.595. The third-order valence-electron chi connectivity index (χ3n) is 7.18. The maximum absolute atomic E-state index is 12.4. The summed E-state index contributed by atoms with van der Waals surface area (Å²) >= 11 is 0. The zero-order valence-corrected chi connectivity index (χ0v) is 22.9. The van der Waals surface area contributed by atoms with E-state index in [1.54, 1.807) is 0 Å². The zero-order valence-electron chi connectivity index (χ0n) is 22.9. The lowest BCUT2D eigenvalue weighted by Crippen LogP contribution is -2.25. The van der Waals surface area contributed by atoms with Crippen LogP contribution in [0.15, 0.2) is 42.5 Å². The lowest BCUT2D eigenvalue weighted by molar-refractivity contribution is -0.757. The largest absolute Gasteiger partial charge is 0.462 e. The van der Waals surface area contributed by atoms with E-state index in [0.717, 1.165) is 24.8 Å². The van der Waals surface area contributed by atoms with Gasteiger partial charge in [0.2, 0.25) is 5.91 Å². The first-order valence-electron chi connectivity index (χ1n) is 14.1. The molecule has 1 aromatic rings. The van der Waals surface area contributed by atoms with E-state index in [4.69, 9.17) is 4.74 Å². The van der Waals surface area contributed by atoms with E-state index < -0.39 is 23.3 Å². The Morgan fingerprint density at radius 1 is 1.10 bits per heavy atom. The van der Waals surface area contributed by atoms with Crippen molar-refractivity contribution in [2.75, 3.05) is 13.2 Å². The Kier molecular flexibility index (Phi) is 15.2. The van der Waals surface area contributed by atoms with Crippen LogP contribution in [0.4, 0.5) is 0 Å². The molecule has 3 N–H and O–H groups in total. The molecular weight excluding hydrogens is 504 g/mol. The summed E-state index contributed by atoms with van der Waals surface area (Å²) in [7, 11) is 0. The minimum Gasteiger partial charge on any atom is -0.462 e. The summed E-state index contributed by atoms with van der Waals surface area (Å²) in [6, 6.07) is 9.89. The van der Waals surface area contributed by atoms with Gasteiger partial charge in [-0.3, -0.25) is 9.59 Å². The van der Waals surface area contributed by atoms with Crippen LogP contribution in [0.2, 0.25) is 0 Å². The van der Waals surface area contributed by atoms with Crippen molar-refractivity contribution in [3.63, 3.8) is 0 Å². The molecule has 1 aliphatic carbocycles. The average molecular weight is 549 g/mol. The third kappa shape index (κ3) is 13.1. The number of hydrogen-bond donors (Lipinski definition) is 3. The minimum absolute atomic E-state index is 0.0218. The number of amides is 1. The average Bonchev–Trinajstić information content (AvgIpc) is 3.17. The molecule has 1 amide bonds. The first-order valence-corrected chi connectivity index (χ1v) is 14.1. The summed E-state index contributed by atoms with van der Waals surface area (Å²) in [6.45, 7) is 2.36. The minimum atomic E-state index is -0.882. The Morgan fingerprint density at radius 3 is 2.56 bits per heavy atom. The molecule has 10 nitrogen and oxygen atoms in total. The van der Waals surface area contributed by atoms with E-state index in [9.17, 15) is 29.9 Å². The van der Waals surface area contributed by atoms with Crippen molar-refractivity contribution in [3.8, 4) is 0 Å². The molecule has 2 rings (SSSR count). The quantitative estimate of drug-likeness (QED) is 0.0775.